The highest BCUT2D eigenvalue weighted by Gasteiger charge is 2.14. The fourth-order valence-corrected chi connectivity index (χ4v) is 4.49. The van der Waals surface area contributed by atoms with Crippen LogP contribution in [0.1, 0.15) is 21.6 Å². The number of amides is 1. The van der Waals surface area contributed by atoms with Gasteiger partial charge in [0.25, 0.3) is 0 Å². The number of hydrogen-bond donors (Lipinski definition) is 1. The number of aromatic nitrogens is 1. The Labute approximate surface area is 176 Å². The Bertz CT molecular complexity index is 1020. The third-order valence-electron chi connectivity index (χ3n) is 4.22. The molecule has 4 rings (SSSR count). The number of Topliss-reactive ketones (excluding diaryl/α,β-unsaturated/α-hetero) is 1. The smallest absolute Gasteiger partial charge is 0.231 e. The summed E-state index contributed by atoms with van der Waals surface area (Å²) in [7, 11) is 0. The van der Waals surface area contributed by atoms with Gasteiger partial charge in [0, 0.05) is 17.5 Å². The zero-order valence-electron chi connectivity index (χ0n) is 15.4. The number of carbonyl (C=O) groups excluding carboxylic acids is 2. The molecule has 1 N–H and O–H groups in total. The molecule has 0 bridgehead atoms. The standard InChI is InChI=1S/C21H18N2O4S2/c24-17(15-4-2-1-3-5-15)12-29-21-23-16(11-28-21)9-20(25)22-10-14-6-7-18-19(8-14)27-13-26-18/h1-8,11H,9-10,12-13H2,(H,22,25). The molecule has 0 saturated heterocycles. The Kier molecular flexibility index (Phi) is 6.12. The Hall–Kier alpha value is -2.84. The molecule has 1 aromatic heterocycles. The van der Waals surface area contributed by atoms with Crippen LogP contribution < -0.4 is 14.8 Å². The number of benzene rings is 2. The van der Waals surface area contributed by atoms with Gasteiger partial charge in [-0.15, -0.1) is 11.3 Å². The molecule has 0 radical (unpaired) electrons. The number of nitrogens with zero attached hydrogens (tertiary/aromatic N) is 1. The highest BCUT2D eigenvalue weighted by Crippen LogP contribution is 2.32. The van der Waals surface area contributed by atoms with E-state index in [1.54, 1.807) is 12.1 Å². The predicted molar refractivity (Wildman–Crippen MR) is 112 cm³/mol. The molecule has 29 heavy (non-hydrogen) atoms. The van der Waals surface area contributed by atoms with Crippen LogP contribution in [-0.4, -0.2) is 29.2 Å². The summed E-state index contributed by atoms with van der Waals surface area (Å²) in [6.07, 6.45) is 0.203. The zero-order chi connectivity index (χ0) is 20.1. The van der Waals surface area contributed by atoms with Crippen molar-refractivity contribution in [1.29, 1.82) is 0 Å². The third kappa shape index (κ3) is 5.16. The van der Waals surface area contributed by atoms with E-state index in [0.29, 0.717) is 29.3 Å². The number of ketones is 1. The van der Waals surface area contributed by atoms with E-state index in [4.69, 9.17) is 9.47 Å². The van der Waals surface area contributed by atoms with Crippen molar-refractivity contribution in [3.05, 3.63) is 70.7 Å². The normalized spacial score (nSPS) is 12.0. The van der Waals surface area contributed by atoms with Gasteiger partial charge in [-0.2, -0.15) is 0 Å². The molecule has 2 heterocycles. The Balaban J connectivity index is 1.24. The van der Waals surface area contributed by atoms with E-state index in [1.165, 1.54) is 23.1 Å². The zero-order valence-corrected chi connectivity index (χ0v) is 17.1. The van der Waals surface area contributed by atoms with Gasteiger partial charge >= 0.3 is 0 Å². The van der Waals surface area contributed by atoms with E-state index in [-0.39, 0.29) is 24.9 Å². The maximum atomic E-state index is 12.2. The number of thioether (sulfide) groups is 1. The van der Waals surface area contributed by atoms with Gasteiger partial charge in [-0.1, -0.05) is 48.2 Å². The summed E-state index contributed by atoms with van der Waals surface area (Å²) >= 11 is 2.84. The molecular weight excluding hydrogens is 408 g/mol. The second kappa shape index (κ2) is 9.11. The molecule has 3 aromatic rings. The number of rotatable bonds is 8. The number of fused-ring (bicyclic) bond motifs is 1. The third-order valence-corrected chi connectivity index (χ3v) is 6.29. The van der Waals surface area contributed by atoms with E-state index in [9.17, 15) is 9.59 Å². The second-order valence-corrected chi connectivity index (χ2v) is 8.40. The molecule has 1 aliphatic heterocycles. The van der Waals surface area contributed by atoms with Crippen LogP contribution in [0.25, 0.3) is 0 Å². The van der Waals surface area contributed by atoms with E-state index in [1.807, 2.05) is 41.8 Å². The minimum absolute atomic E-state index is 0.0637. The summed E-state index contributed by atoms with van der Waals surface area (Å²) in [5.74, 6) is 1.70. The van der Waals surface area contributed by atoms with Crippen molar-refractivity contribution in [2.45, 2.75) is 17.3 Å². The number of nitrogens with one attached hydrogen (secondary N) is 1. The number of ether oxygens (including phenoxy) is 2. The second-order valence-electron chi connectivity index (χ2n) is 6.32. The number of thiazole rings is 1. The SMILES string of the molecule is O=C(Cc1csc(SCC(=O)c2ccccc2)n1)NCc1ccc2c(c1)OCO2. The van der Waals surface area contributed by atoms with Crippen LogP contribution in [0.4, 0.5) is 0 Å². The molecule has 0 fully saturated rings. The van der Waals surface area contributed by atoms with Crippen LogP contribution in [0, 0.1) is 0 Å². The van der Waals surface area contributed by atoms with Crippen molar-refractivity contribution in [2.24, 2.45) is 0 Å². The minimum atomic E-state index is -0.107. The first kappa shape index (κ1) is 19.5. The van der Waals surface area contributed by atoms with Gasteiger partial charge in [0.1, 0.15) is 0 Å². The first-order valence-electron chi connectivity index (χ1n) is 8.98. The largest absolute Gasteiger partial charge is 0.454 e. The van der Waals surface area contributed by atoms with Gasteiger partial charge in [-0.3, -0.25) is 9.59 Å². The van der Waals surface area contributed by atoms with Gasteiger partial charge < -0.3 is 14.8 Å². The lowest BCUT2D eigenvalue weighted by Crippen LogP contribution is -2.24. The Morgan fingerprint density at radius 3 is 2.79 bits per heavy atom. The van der Waals surface area contributed by atoms with E-state index in [2.05, 4.69) is 10.3 Å². The summed E-state index contributed by atoms with van der Waals surface area (Å²) in [5, 5.41) is 4.74. The molecular formula is C21H18N2O4S2. The number of carbonyl (C=O) groups is 2. The highest BCUT2D eigenvalue weighted by molar-refractivity contribution is 8.01. The first-order chi connectivity index (χ1) is 14.2. The van der Waals surface area contributed by atoms with Crippen molar-refractivity contribution in [3.8, 4) is 11.5 Å². The van der Waals surface area contributed by atoms with Crippen LogP contribution in [0.3, 0.4) is 0 Å². The fourth-order valence-electron chi connectivity index (χ4n) is 2.75. The lowest BCUT2D eigenvalue weighted by atomic mass is 10.2. The summed E-state index contributed by atoms with van der Waals surface area (Å²) in [6, 6.07) is 14.8. The van der Waals surface area contributed by atoms with E-state index < -0.39 is 0 Å². The van der Waals surface area contributed by atoms with E-state index in [0.717, 1.165) is 15.7 Å². The quantitative estimate of drug-likeness (QED) is 0.437. The summed E-state index contributed by atoms with van der Waals surface area (Å²) in [5.41, 5.74) is 2.34. The molecule has 0 atom stereocenters. The molecule has 0 spiro atoms. The molecule has 1 aliphatic rings. The number of hydrogen-bond acceptors (Lipinski definition) is 7. The Morgan fingerprint density at radius 1 is 1.10 bits per heavy atom. The molecule has 148 valence electrons. The molecule has 0 saturated carbocycles. The minimum Gasteiger partial charge on any atom is -0.454 e. The molecule has 0 unspecified atom stereocenters. The van der Waals surface area contributed by atoms with Crippen molar-refractivity contribution < 1.29 is 19.1 Å². The van der Waals surface area contributed by atoms with Gasteiger partial charge in [-0.25, -0.2) is 4.98 Å². The maximum absolute atomic E-state index is 12.2. The van der Waals surface area contributed by atoms with Gasteiger partial charge in [0.15, 0.2) is 21.6 Å². The maximum Gasteiger partial charge on any atom is 0.231 e. The molecule has 2 aromatic carbocycles. The summed E-state index contributed by atoms with van der Waals surface area (Å²) in [4.78, 5) is 28.8. The first-order valence-corrected chi connectivity index (χ1v) is 10.8. The van der Waals surface area contributed by atoms with Gasteiger partial charge in [0.2, 0.25) is 12.7 Å². The van der Waals surface area contributed by atoms with Gasteiger partial charge in [0.05, 0.1) is 17.9 Å². The topological polar surface area (TPSA) is 77.5 Å². The molecule has 6 nitrogen and oxygen atoms in total. The monoisotopic (exact) mass is 426 g/mol. The van der Waals surface area contributed by atoms with Crippen molar-refractivity contribution in [3.63, 3.8) is 0 Å². The van der Waals surface area contributed by atoms with Crippen LogP contribution >= 0.6 is 23.1 Å². The molecule has 8 heteroatoms. The van der Waals surface area contributed by atoms with Crippen molar-refractivity contribution in [1.82, 2.24) is 10.3 Å². The lowest BCUT2D eigenvalue weighted by Gasteiger charge is -2.05. The van der Waals surface area contributed by atoms with Gasteiger partial charge in [-0.05, 0) is 17.7 Å². The Morgan fingerprint density at radius 2 is 1.93 bits per heavy atom. The van der Waals surface area contributed by atoms with Crippen LogP contribution in [-0.2, 0) is 17.8 Å². The predicted octanol–water partition coefficient (Wildman–Crippen LogP) is 3.71. The van der Waals surface area contributed by atoms with Crippen molar-refractivity contribution >= 4 is 34.8 Å². The average molecular weight is 427 g/mol. The van der Waals surface area contributed by atoms with Crippen LogP contribution in [0.5, 0.6) is 11.5 Å². The van der Waals surface area contributed by atoms with Crippen LogP contribution in [0.15, 0.2) is 58.3 Å². The fraction of sp³-hybridized carbons (Fsp3) is 0.190. The summed E-state index contributed by atoms with van der Waals surface area (Å²) in [6.45, 7) is 0.638. The highest BCUT2D eigenvalue weighted by atomic mass is 32.2. The van der Waals surface area contributed by atoms with Crippen LogP contribution in [0.2, 0.25) is 0 Å². The molecule has 1 amide bonds. The molecule has 0 aliphatic carbocycles. The van der Waals surface area contributed by atoms with E-state index >= 15 is 0 Å². The van der Waals surface area contributed by atoms with Crippen molar-refractivity contribution in [2.75, 3.05) is 12.5 Å². The average Bonchev–Trinajstić information content (AvgIpc) is 3.40. The summed E-state index contributed by atoms with van der Waals surface area (Å²) < 4.78 is 11.4. The lowest BCUT2D eigenvalue weighted by molar-refractivity contribution is -0.120.